The topological polar surface area (TPSA) is 58.2 Å². The number of nitrogens with one attached hydrogen (secondary N) is 2. The van der Waals surface area contributed by atoms with Crippen LogP contribution in [0.15, 0.2) is 0 Å². The van der Waals surface area contributed by atoms with Crippen molar-refractivity contribution in [2.24, 2.45) is 0 Å². The number of carbonyl (C=O) groups is 2. The van der Waals surface area contributed by atoms with Gasteiger partial charge in [0.2, 0.25) is 0 Å². The SMILES string of the molecule is CCNC(=O)SCCCSC(=O)NCC. The first-order valence-corrected chi connectivity index (χ1v) is 6.99. The third-order valence-electron chi connectivity index (χ3n) is 1.40. The summed E-state index contributed by atoms with van der Waals surface area (Å²) in [6, 6.07) is 0. The molecule has 0 unspecified atom stereocenters. The molecule has 0 aliphatic rings. The first-order chi connectivity index (χ1) is 7.20. The summed E-state index contributed by atoms with van der Waals surface area (Å²) in [4.78, 5) is 22.0. The van der Waals surface area contributed by atoms with Gasteiger partial charge in [-0.15, -0.1) is 0 Å². The van der Waals surface area contributed by atoms with E-state index in [-0.39, 0.29) is 10.5 Å². The van der Waals surface area contributed by atoms with E-state index in [0.29, 0.717) is 13.1 Å². The zero-order valence-corrected chi connectivity index (χ0v) is 10.8. The van der Waals surface area contributed by atoms with Crippen LogP contribution in [0.1, 0.15) is 20.3 Å². The van der Waals surface area contributed by atoms with Crippen LogP contribution in [-0.4, -0.2) is 35.1 Å². The fourth-order valence-electron chi connectivity index (χ4n) is 0.779. The van der Waals surface area contributed by atoms with Crippen LogP contribution < -0.4 is 10.6 Å². The van der Waals surface area contributed by atoms with Gasteiger partial charge < -0.3 is 10.6 Å². The highest BCUT2D eigenvalue weighted by atomic mass is 32.2. The largest absolute Gasteiger partial charge is 0.347 e. The number of hydrogen-bond acceptors (Lipinski definition) is 4. The lowest BCUT2D eigenvalue weighted by atomic mass is 10.6. The number of hydrogen-bond donors (Lipinski definition) is 2. The van der Waals surface area contributed by atoms with Crippen LogP contribution in [0, 0.1) is 0 Å². The molecule has 0 spiro atoms. The first kappa shape index (κ1) is 14.6. The fraction of sp³-hybridized carbons (Fsp3) is 0.778. The summed E-state index contributed by atoms with van der Waals surface area (Å²) in [6.45, 7) is 5.12. The Bertz CT molecular complexity index is 181. The van der Waals surface area contributed by atoms with E-state index in [1.807, 2.05) is 13.8 Å². The van der Waals surface area contributed by atoms with Crippen LogP contribution >= 0.6 is 23.5 Å². The summed E-state index contributed by atoms with van der Waals surface area (Å²) in [5, 5.41) is 5.44. The van der Waals surface area contributed by atoms with Crippen LogP contribution in [0.25, 0.3) is 0 Å². The Morgan fingerprint density at radius 3 is 1.67 bits per heavy atom. The van der Waals surface area contributed by atoms with Crippen molar-refractivity contribution in [1.82, 2.24) is 10.6 Å². The van der Waals surface area contributed by atoms with Crippen molar-refractivity contribution >= 4 is 34.0 Å². The molecule has 2 amide bonds. The summed E-state index contributed by atoms with van der Waals surface area (Å²) in [5.41, 5.74) is 0. The molecule has 0 radical (unpaired) electrons. The lowest BCUT2D eigenvalue weighted by molar-refractivity contribution is 0.260. The van der Waals surface area contributed by atoms with Gasteiger partial charge in [-0.05, 0) is 20.3 Å². The number of thioether (sulfide) groups is 2. The summed E-state index contributed by atoms with van der Waals surface area (Å²) in [6.07, 6.45) is 0.865. The molecule has 0 bridgehead atoms. The molecule has 88 valence electrons. The molecule has 0 heterocycles. The van der Waals surface area contributed by atoms with Crippen molar-refractivity contribution in [3.8, 4) is 0 Å². The van der Waals surface area contributed by atoms with Crippen molar-refractivity contribution in [2.45, 2.75) is 20.3 Å². The van der Waals surface area contributed by atoms with E-state index in [0.717, 1.165) is 17.9 Å². The number of rotatable bonds is 6. The molecule has 0 aromatic rings. The quantitative estimate of drug-likeness (QED) is 0.710. The molecule has 0 aliphatic heterocycles. The van der Waals surface area contributed by atoms with Gasteiger partial charge in [-0.3, -0.25) is 9.59 Å². The molecule has 0 atom stereocenters. The van der Waals surface area contributed by atoms with E-state index in [4.69, 9.17) is 0 Å². The van der Waals surface area contributed by atoms with Crippen LogP contribution in [0.3, 0.4) is 0 Å². The maximum Gasteiger partial charge on any atom is 0.279 e. The number of amides is 2. The highest BCUT2D eigenvalue weighted by Gasteiger charge is 2.02. The smallest absolute Gasteiger partial charge is 0.279 e. The second kappa shape index (κ2) is 10.2. The van der Waals surface area contributed by atoms with E-state index in [1.54, 1.807) is 0 Å². The third-order valence-corrected chi connectivity index (χ3v) is 3.20. The molecular formula is C9H18N2O2S2. The molecular weight excluding hydrogens is 232 g/mol. The second-order valence-electron chi connectivity index (χ2n) is 2.69. The number of carbonyl (C=O) groups excluding carboxylic acids is 2. The minimum Gasteiger partial charge on any atom is -0.347 e. The van der Waals surface area contributed by atoms with Gasteiger partial charge in [0.05, 0.1) is 0 Å². The van der Waals surface area contributed by atoms with Crippen LogP contribution in [0.2, 0.25) is 0 Å². The van der Waals surface area contributed by atoms with Crippen LogP contribution in [0.4, 0.5) is 9.59 Å². The Morgan fingerprint density at radius 2 is 1.33 bits per heavy atom. The average molecular weight is 250 g/mol. The Morgan fingerprint density at radius 1 is 0.933 bits per heavy atom. The zero-order valence-electron chi connectivity index (χ0n) is 9.17. The molecule has 0 fully saturated rings. The molecule has 6 heteroatoms. The Kier molecular flexibility index (Phi) is 9.92. The van der Waals surface area contributed by atoms with Crippen molar-refractivity contribution in [1.29, 1.82) is 0 Å². The maximum absolute atomic E-state index is 11.0. The third kappa shape index (κ3) is 9.93. The minimum absolute atomic E-state index is 0.0144. The van der Waals surface area contributed by atoms with Gasteiger partial charge in [0, 0.05) is 24.6 Å². The van der Waals surface area contributed by atoms with Gasteiger partial charge in [0.15, 0.2) is 0 Å². The van der Waals surface area contributed by atoms with Gasteiger partial charge in [-0.25, -0.2) is 0 Å². The first-order valence-electron chi connectivity index (χ1n) is 5.02. The van der Waals surface area contributed by atoms with Gasteiger partial charge in [0.25, 0.3) is 10.5 Å². The van der Waals surface area contributed by atoms with Crippen molar-refractivity contribution in [3.63, 3.8) is 0 Å². The fourth-order valence-corrected chi connectivity index (χ4v) is 2.40. The van der Waals surface area contributed by atoms with Crippen LogP contribution in [0.5, 0.6) is 0 Å². The van der Waals surface area contributed by atoms with Gasteiger partial charge in [-0.2, -0.15) is 0 Å². The molecule has 0 aromatic heterocycles. The summed E-state index contributed by atoms with van der Waals surface area (Å²) < 4.78 is 0. The van der Waals surface area contributed by atoms with Gasteiger partial charge >= 0.3 is 0 Å². The van der Waals surface area contributed by atoms with E-state index in [2.05, 4.69) is 10.6 Å². The van der Waals surface area contributed by atoms with Crippen LogP contribution in [-0.2, 0) is 0 Å². The van der Waals surface area contributed by atoms with Gasteiger partial charge in [0.1, 0.15) is 0 Å². The van der Waals surface area contributed by atoms with Crippen molar-refractivity contribution in [2.75, 3.05) is 24.6 Å². The van der Waals surface area contributed by atoms with E-state index >= 15 is 0 Å². The summed E-state index contributed by atoms with van der Waals surface area (Å²) >= 11 is 2.54. The molecule has 0 saturated heterocycles. The standard InChI is InChI=1S/C9H18N2O2S2/c1-3-10-8(12)14-6-5-7-15-9(13)11-4-2/h3-7H2,1-2H3,(H,10,12)(H,11,13). The highest BCUT2D eigenvalue weighted by Crippen LogP contribution is 2.09. The zero-order chi connectivity index (χ0) is 11.5. The predicted molar refractivity (Wildman–Crippen MR) is 67.7 cm³/mol. The van der Waals surface area contributed by atoms with E-state index in [1.165, 1.54) is 23.5 Å². The normalized spacial score (nSPS) is 9.73. The molecule has 0 rings (SSSR count). The Labute approximate surface area is 99.3 Å². The molecule has 15 heavy (non-hydrogen) atoms. The maximum atomic E-state index is 11.0. The minimum atomic E-state index is 0.0144. The van der Waals surface area contributed by atoms with Crippen molar-refractivity contribution < 1.29 is 9.59 Å². The molecule has 0 aliphatic carbocycles. The molecule has 0 aromatic carbocycles. The average Bonchev–Trinajstić information content (AvgIpc) is 2.18. The molecule has 0 saturated carbocycles. The second-order valence-corrected chi connectivity index (χ2v) is 4.82. The lowest BCUT2D eigenvalue weighted by Gasteiger charge is -2.02. The summed E-state index contributed by atoms with van der Waals surface area (Å²) in [5.74, 6) is 1.52. The highest BCUT2D eigenvalue weighted by molar-refractivity contribution is 8.14. The molecule has 4 nitrogen and oxygen atoms in total. The lowest BCUT2D eigenvalue weighted by Crippen LogP contribution is -2.18. The Hall–Kier alpha value is -0.360. The Balaban J connectivity index is 3.24. The molecule has 2 N–H and O–H groups in total. The monoisotopic (exact) mass is 250 g/mol. The van der Waals surface area contributed by atoms with Gasteiger partial charge in [-0.1, -0.05) is 23.5 Å². The van der Waals surface area contributed by atoms with E-state index in [9.17, 15) is 9.59 Å². The van der Waals surface area contributed by atoms with Crippen molar-refractivity contribution in [3.05, 3.63) is 0 Å². The summed E-state index contributed by atoms with van der Waals surface area (Å²) in [7, 11) is 0. The predicted octanol–water partition coefficient (Wildman–Crippen LogP) is 2.30. The van der Waals surface area contributed by atoms with E-state index < -0.39 is 0 Å².